The number of hydrogen-bond acceptors (Lipinski definition) is 4. The quantitative estimate of drug-likeness (QED) is 0.808. The summed E-state index contributed by atoms with van der Waals surface area (Å²) in [5.74, 6) is -0.780. The number of rotatable bonds is 4. The van der Waals surface area contributed by atoms with Crippen molar-refractivity contribution < 1.29 is 21.2 Å². The van der Waals surface area contributed by atoms with E-state index in [1.165, 1.54) is 33.9 Å². The summed E-state index contributed by atoms with van der Waals surface area (Å²) in [4.78, 5) is -0.343. The lowest BCUT2D eigenvalue weighted by Gasteiger charge is -2.34. The molecular formula is C13H19FN2O4S2. The fourth-order valence-electron chi connectivity index (χ4n) is 2.51. The van der Waals surface area contributed by atoms with Crippen LogP contribution in [0.5, 0.6) is 0 Å². The van der Waals surface area contributed by atoms with Gasteiger partial charge in [0, 0.05) is 26.2 Å². The van der Waals surface area contributed by atoms with Crippen LogP contribution in [0, 0.1) is 5.82 Å². The van der Waals surface area contributed by atoms with E-state index in [1.807, 2.05) is 0 Å². The summed E-state index contributed by atoms with van der Waals surface area (Å²) in [5.41, 5.74) is 0. The monoisotopic (exact) mass is 350 g/mol. The van der Waals surface area contributed by atoms with Gasteiger partial charge in [0.15, 0.2) is 0 Å². The minimum absolute atomic E-state index is 0.168. The Hall–Kier alpha value is -1.03. The zero-order valence-electron chi connectivity index (χ0n) is 12.4. The third-order valence-corrected chi connectivity index (χ3v) is 7.19. The van der Waals surface area contributed by atoms with Crippen molar-refractivity contribution in [3.05, 3.63) is 30.1 Å². The first kappa shape index (κ1) is 17.3. The summed E-state index contributed by atoms with van der Waals surface area (Å²) >= 11 is 0. The molecule has 0 spiro atoms. The van der Waals surface area contributed by atoms with E-state index in [-0.39, 0.29) is 24.0 Å². The van der Waals surface area contributed by atoms with Crippen molar-refractivity contribution >= 4 is 20.0 Å². The van der Waals surface area contributed by atoms with Crippen molar-refractivity contribution in [2.45, 2.75) is 23.8 Å². The van der Waals surface area contributed by atoms with Gasteiger partial charge in [0.2, 0.25) is 20.0 Å². The predicted octanol–water partition coefficient (Wildman–Crippen LogP) is 0.870. The zero-order chi connectivity index (χ0) is 16.5. The van der Waals surface area contributed by atoms with E-state index in [1.54, 1.807) is 0 Å². The van der Waals surface area contributed by atoms with Crippen LogP contribution in [0.1, 0.15) is 12.8 Å². The molecule has 9 heteroatoms. The predicted molar refractivity (Wildman–Crippen MR) is 80.8 cm³/mol. The van der Waals surface area contributed by atoms with Gasteiger partial charge in [0.1, 0.15) is 10.7 Å². The lowest BCUT2D eigenvalue weighted by Crippen LogP contribution is -2.47. The van der Waals surface area contributed by atoms with Crippen LogP contribution >= 0.6 is 0 Å². The molecule has 0 saturated carbocycles. The Bertz CT molecular complexity index is 741. The fraction of sp³-hybridized carbons (Fsp3) is 0.538. The summed E-state index contributed by atoms with van der Waals surface area (Å²) in [6.45, 7) is 0.336. The molecule has 0 unspecified atom stereocenters. The van der Waals surface area contributed by atoms with Crippen LogP contribution in [-0.2, 0) is 20.0 Å². The minimum atomic E-state index is -3.89. The van der Waals surface area contributed by atoms with Crippen molar-refractivity contribution in [3.63, 3.8) is 0 Å². The van der Waals surface area contributed by atoms with Crippen molar-refractivity contribution in [1.29, 1.82) is 0 Å². The largest absolute Gasteiger partial charge is 0.245 e. The second-order valence-corrected chi connectivity index (χ2v) is 9.29. The van der Waals surface area contributed by atoms with E-state index in [2.05, 4.69) is 0 Å². The van der Waals surface area contributed by atoms with Crippen molar-refractivity contribution in [3.8, 4) is 0 Å². The average Bonchev–Trinajstić information content (AvgIpc) is 2.46. The van der Waals surface area contributed by atoms with Crippen LogP contribution in [0.3, 0.4) is 0 Å². The van der Waals surface area contributed by atoms with E-state index in [0.717, 1.165) is 12.3 Å². The molecule has 6 nitrogen and oxygen atoms in total. The molecule has 1 fully saturated rings. The van der Waals surface area contributed by atoms with E-state index in [9.17, 15) is 21.2 Å². The van der Waals surface area contributed by atoms with Gasteiger partial charge in [-0.25, -0.2) is 25.5 Å². The summed E-state index contributed by atoms with van der Waals surface area (Å²) in [7, 11) is -5.71. The normalized spacial score (nSPS) is 18.7. The maximum absolute atomic E-state index is 13.7. The third kappa shape index (κ3) is 3.48. The molecular weight excluding hydrogens is 331 g/mol. The minimum Gasteiger partial charge on any atom is -0.213 e. The second-order valence-electron chi connectivity index (χ2n) is 5.34. The highest BCUT2D eigenvalue weighted by Gasteiger charge is 2.34. The van der Waals surface area contributed by atoms with E-state index < -0.39 is 25.9 Å². The van der Waals surface area contributed by atoms with Crippen LogP contribution in [0.25, 0.3) is 0 Å². The molecule has 1 aromatic carbocycles. The van der Waals surface area contributed by atoms with Crippen molar-refractivity contribution in [2.75, 3.05) is 26.4 Å². The molecule has 0 atom stereocenters. The summed E-state index contributed by atoms with van der Waals surface area (Å²) in [6, 6.07) is 5.01. The molecule has 22 heavy (non-hydrogen) atoms. The molecule has 2 rings (SSSR count). The first-order valence-corrected chi connectivity index (χ1v) is 10.1. The number of piperidine rings is 1. The van der Waals surface area contributed by atoms with Crippen LogP contribution in [0.15, 0.2) is 29.2 Å². The molecule has 0 radical (unpaired) electrons. The van der Waals surface area contributed by atoms with Gasteiger partial charge in [0.05, 0.1) is 6.26 Å². The molecule has 0 bridgehead atoms. The highest BCUT2D eigenvalue weighted by molar-refractivity contribution is 7.89. The van der Waals surface area contributed by atoms with Crippen LogP contribution in [0.2, 0.25) is 0 Å². The first-order valence-electron chi connectivity index (χ1n) is 6.81. The Balaban J connectivity index is 2.13. The molecule has 0 aliphatic carbocycles. The molecule has 1 heterocycles. The molecule has 1 aliphatic heterocycles. The van der Waals surface area contributed by atoms with Crippen molar-refractivity contribution in [2.24, 2.45) is 0 Å². The van der Waals surface area contributed by atoms with Gasteiger partial charge >= 0.3 is 0 Å². The molecule has 124 valence electrons. The number of halogens is 1. The van der Waals surface area contributed by atoms with Gasteiger partial charge in [0.25, 0.3) is 0 Å². The highest BCUT2D eigenvalue weighted by atomic mass is 32.2. The first-order chi connectivity index (χ1) is 10.1. The van der Waals surface area contributed by atoms with Gasteiger partial charge in [-0.3, -0.25) is 0 Å². The van der Waals surface area contributed by atoms with E-state index >= 15 is 0 Å². The number of hydrogen-bond donors (Lipinski definition) is 0. The van der Waals surface area contributed by atoms with Gasteiger partial charge in [-0.15, -0.1) is 0 Å². The zero-order valence-corrected chi connectivity index (χ0v) is 14.1. The molecule has 1 aromatic rings. The Kier molecular flexibility index (Phi) is 4.90. The third-order valence-electron chi connectivity index (χ3n) is 3.92. The molecule has 0 amide bonds. The Labute approximate surface area is 130 Å². The topological polar surface area (TPSA) is 74.8 Å². The fourth-order valence-corrected chi connectivity index (χ4v) is 4.80. The lowest BCUT2D eigenvalue weighted by molar-refractivity contribution is 0.238. The maximum atomic E-state index is 13.7. The van der Waals surface area contributed by atoms with E-state index in [0.29, 0.717) is 12.8 Å². The summed E-state index contributed by atoms with van der Waals surface area (Å²) in [5, 5.41) is 0. The van der Waals surface area contributed by atoms with E-state index in [4.69, 9.17) is 0 Å². The summed E-state index contributed by atoms with van der Waals surface area (Å²) in [6.07, 6.45) is 1.89. The van der Waals surface area contributed by atoms with Crippen LogP contribution in [0.4, 0.5) is 4.39 Å². The van der Waals surface area contributed by atoms with Gasteiger partial charge in [-0.1, -0.05) is 12.1 Å². The number of sulfonamides is 2. The second kappa shape index (κ2) is 6.23. The lowest BCUT2D eigenvalue weighted by atomic mass is 10.1. The summed E-state index contributed by atoms with van der Waals surface area (Å²) < 4.78 is 64.1. The van der Waals surface area contributed by atoms with Crippen molar-refractivity contribution in [1.82, 2.24) is 8.61 Å². The molecule has 0 aromatic heterocycles. The smallest absolute Gasteiger partial charge is 0.213 e. The standard InChI is InChI=1S/C13H19FN2O4S2/c1-15(21(2,17)18)11-7-9-16(10-8-11)22(19,20)13-6-4-3-5-12(13)14/h3-6,11H,7-10H2,1-2H3. The maximum Gasteiger partial charge on any atom is 0.245 e. The highest BCUT2D eigenvalue weighted by Crippen LogP contribution is 2.24. The van der Waals surface area contributed by atoms with Gasteiger partial charge in [-0.05, 0) is 25.0 Å². The Morgan fingerprint density at radius 2 is 1.68 bits per heavy atom. The van der Waals surface area contributed by atoms with Crippen LogP contribution in [-0.4, -0.2) is 57.9 Å². The molecule has 1 saturated heterocycles. The Morgan fingerprint density at radius 3 is 2.18 bits per heavy atom. The molecule has 1 aliphatic rings. The Morgan fingerprint density at radius 1 is 1.14 bits per heavy atom. The average molecular weight is 350 g/mol. The number of nitrogens with zero attached hydrogens (tertiary/aromatic N) is 2. The van der Waals surface area contributed by atoms with Gasteiger partial charge < -0.3 is 0 Å². The molecule has 0 N–H and O–H groups in total. The van der Waals surface area contributed by atoms with Crippen LogP contribution < -0.4 is 0 Å². The van der Waals surface area contributed by atoms with Gasteiger partial charge in [-0.2, -0.15) is 4.31 Å². The number of benzene rings is 1. The SMILES string of the molecule is CN(C1CCN(S(=O)(=O)c2ccccc2F)CC1)S(C)(=O)=O.